The zero-order valence-corrected chi connectivity index (χ0v) is 13.9. The number of aryl methyl sites for hydroxylation is 1. The Kier molecular flexibility index (Phi) is 5.48. The number of benzene rings is 2. The van der Waals surface area contributed by atoms with Gasteiger partial charge in [-0.15, -0.1) is 5.10 Å². The van der Waals surface area contributed by atoms with Crippen molar-refractivity contribution < 1.29 is 9.63 Å². The summed E-state index contributed by atoms with van der Waals surface area (Å²) in [7, 11) is 0. The number of rotatable bonds is 7. The van der Waals surface area contributed by atoms with Gasteiger partial charge in [-0.05, 0) is 28.5 Å². The molecule has 1 heterocycles. The first-order valence-corrected chi connectivity index (χ1v) is 7.98. The number of amides is 1. The number of aromatic nitrogens is 4. The van der Waals surface area contributed by atoms with Crippen LogP contribution < -0.4 is 5.48 Å². The Bertz CT molecular complexity index is 805. The van der Waals surface area contributed by atoms with Gasteiger partial charge in [0.15, 0.2) is 0 Å². The third-order valence-corrected chi connectivity index (χ3v) is 3.78. The van der Waals surface area contributed by atoms with Crippen molar-refractivity contribution in [2.75, 3.05) is 0 Å². The van der Waals surface area contributed by atoms with Crippen LogP contribution in [0.2, 0.25) is 0 Å². The molecular formula is C18H19N5O2. The SMILES string of the molecule is Cc1nnnn1C(Cc1ccccc1)C(=O)NOCc1ccccc1. The second-order valence-electron chi connectivity index (χ2n) is 5.62. The summed E-state index contributed by atoms with van der Waals surface area (Å²) in [6, 6.07) is 18.8. The number of nitrogens with zero attached hydrogens (tertiary/aromatic N) is 4. The summed E-state index contributed by atoms with van der Waals surface area (Å²) < 4.78 is 1.51. The summed E-state index contributed by atoms with van der Waals surface area (Å²) in [5, 5.41) is 11.4. The lowest BCUT2D eigenvalue weighted by Crippen LogP contribution is -2.35. The molecule has 3 rings (SSSR count). The maximum Gasteiger partial charge on any atom is 0.268 e. The lowest BCUT2D eigenvalue weighted by Gasteiger charge is -2.17. The number of nitrogens with one attached hydrogen (secondary N) is 1. The molecule has 1 aromatic heterocycles. The van der Waals surface area contributed by atoms with Gasteiger partial charge < -0.3 is 0 Å². The van der Waals surface area contributed by atoms with Crippen LogP contribution in [0.15, 0.2) is 60.7 Å². The molecule has 1 N–H and O–H groups in total. The van der Waals surface area contributed by atoms with Crippen molar-refractivity contribution in [3.05, 3.63) is 77.6 Å². The predicted molar refractivity (Wildman–Crippen MR) is 91.1 cm³/mol. The summed E-state index contributed by atoms with van der Waals surface area (Å²) in [6.07, 6.45) is 0.466. The molecule has 0 spiro atoms. The quantitative estimate of drug-likeness (QED) is 0.667. The maximum absolute atomic E-state index is 12.6. The largest absolute Gasteiger partial charge is 0.270 e. The molecule has 0 bridgehead atoms. The monoisotopic (exact) mass is 337 g/mol. The highest BCUT2D eigenvalue weighted by molar-refractivity contribution is 5.79. The molecule has 0 aliphatic heterocycles. The van der Waals surface area contributed by atoms with Crippen molar-refractivity contribution >= 4 is 5.91 Å². The van der Waals surface area contributed by atoms with Crippen LogP contribution in [0.5, 0.6) is 0 Å². The van der Waals surface area contributed by atoms with E-state index in [0.29, 0.717) is 18.9 Å². The summed E-state index contributed by atoms with van der Waals surface area (Å²) in [5.41, 5.74) is 4.50. The van der Waals surface area contributed by atoms with Gasteiger partial charge in [0.25, 0.3) is 5.91 Å². The smallest absolute Gasteiger partial charge is 0.268 e. The predicted octanol–water partition coefficient (Wildman–Crippen LogP) is 2.01. The third-order valence-electron chi connectivity index (χ3n) is 3.78. The van der Waals surface area contributed by atoms with Crippen molar-refractivity contribution in [3.63, 3.8) is 0 Å². The second-order valence-corrected chi connectivity index (χ2v) is 5.62. The topological polar surface area (TPSA) is 81.9 Å². The van der Waals surface area contributed by atoms with Gasteiger partial charge in [-0.1, -0.05) is 60.7 Å². The van der Waals surface area contributed by atoms with E-state index in [1.165, 1.54) is 4.68 Å². The molecule has 3 aromatic rings. The Balaban J connectivity index is 1.68. The van der Waals surface area contributed by atoms with Gasteiger partial charge in [-0.2, -0.15) is 0 Å². The van der Waals surface area contributed by atoms with E-state index < -0.39 is 6.04 Å². The van der Waals surface area contributed by atoms with Crippen LogP contribution in [0.4, 0.5) is 0 Å². The standard InChI is InChI=1S/C18H19N5O2/c1-14-19-21-22-23(14)17(12-15-8-4-2-5-9-15)18(24)20-25-13-16-10-6-3-7-11-16/h2-11,17H,12-13H2,1H3,(H,20,24). The lowest BCUT2D eigenvalue weighted by molar-refractivity contribution is -0.138. The zero-order chi connectivity index (χ0) is 17.5. The molecule has 7 heteroatoms. The Morgan fingerprint density at radius 3 is 2.32 bits per heavy atom. The fourth-order valence-corrected chi connectivity index (χ4v) is 2.49. The summed E-state index contributed by atoms with van der Waals surface area (Å²) in [5.74, 6) is 0.273. The Morgan fingerprint density at radius 2 is 1.72 bits per heavy atom. The van der Waals surface area contributed by atoms with E-state index in [-0.39, 0.29) is 5.91 Å². The first-order valence-electron chi connectivity index (χ1n) is 7.98. The molecule has 0 aliphatic rings. The summed E-state index contributed by atoms with van der Waals surface area (Å²) in [6.45, 7) is 2.05. The van der Waals surface area contributed by atoms with Crippen LogP contribution in [0, 0.1) is 6.92 Å². The highest BCUT2D eigenvalue weighted by atomic mass is 16.6. The van der Waals surface area contributed by atoms with Gasteiger partial charge in [-0.3, -0.25) is 9.63 Å². The van der Waals surface area contributed by atoms with Gasteiger partial charge >= 0.3 is 0 Å². The van der Waals surface area contributed by atoms with Crippen molar-refractivity contribution in [3.8, 4) is 0 Å². The highest BCUT2D eigenvalue weighted by Gasteiger charge is 2.24. The van der Waals surface area contributed by atoms with Crippen LogP contribution in [0.3, 0.4) is 0 Å². The number of tetrazole rings is 1. The lowest BCUT2D eigenvalue weighted by atomic mass is 10.1. The van der Waals surface area contributed by atoms with E-state index >= 15 is 0 Å². The van der Waals surface area contributed by atoms with Gasteiger partial charge in [0.05, 0.1) is 6.61 Å². The number of carbonyl (C=O) groups excluding carboxylic acids is 1. The van der Waals surface area contributed by atoms with E-state index in [1.54, 1.807) is 6.92 Å². The second kappa shape index (κ2) is 8.16. The maximum atomic E-state index is 12.6. The number of carbonyl (C=O) groups is 1. The summed E-state index contributed by atoms with van der Waals surface area (Å²) in [4.78, 5) is 18.0. The van der Waals surface area contributed by atoms with E-state index in [9.17, 15) is 4.79 Å². The van der Waals surface area contributed by atoms with Gasteiger partial charge in [-0.25, -0.2) is 10.2 Å². The van der Waals surface area contributed by atoms with Crippen molar-refractivity contribution in [2.45, 2.75) is 26.0 Å². The Morgan fingerprint density at radius 1 is 1.08 bits per heavy atom. The molecule has 0 saturated carbocycles. The number of hydrogen-bond donors (Lipinski definition) is 1. The molecule has 0 fully saturated rings. The normalized spacial score (nSPS) is 11.9. The van der Waals surface area contributed by atoms with Crippen LogP contribution in [-0.4, -0.2) is 26.1 Å². The minimum absolute atomic E-state index is 0.291. The average Bonchev–Trinajstić information content (AvgIpc) is 3.07. The van der Waals surface area contributed by atoms with E-state index in [4.69, 9.17) is 4.84 Å². The van der Waals surface area contributed by atoms with Gasteiger partial charge in [0, 0.05) is 6.42 Å². The molecule has 1 atom stereocenters. The molecular weight excluding hydrogens is 318 g/mol. The Labute approximate surface area is 145 Å². The molecule has 1 amide bonds. The van der Waals surface area contributed by atoms with E-state index in [0.717, 1.165) is 11.1 Å². The van der Waals surface area contributed by atoms with Crippen molar-refractivity contribution in [2.24, 2.45) is 0 Å². The average molecular weight is 337 g/mol. The molecule has 0 radical (unpaired) electrons. The van der Waals surface area contributed by atoms with Crippen LogP contribution in [0.1, 0.15) is 23.0 Å². The molecule has 128 valence electrons. The molecule has 0 saturated heterocycles. The molecule has 2 aromatic carbocycles. The fourth-order valence-electron chi connectivity index (χ4n) is 2.49. The first-order chi connectivity index (χ1) is 12.2. The molecule has 1 unspecified atom stereocenters. The minimum Gasteiger partial charge on any atom is -0.270 e. The van der Waals surface area contributed by atoms with E-state index in [1.807, 2.05) is 60.7 Å². The minimum atomic E-state index is -0.590. The molecule has 0 aliphatic carbocycles. The fraction of sp³-hybridized carbons (Fsp3) is 0.222. The first kappa shape index (κ1) is 16.8. The van der Waals surface area contributed by atoms with Crippen molar-refractivity contribution in [1.29, 1.82) is 0 Å². The highest BCUT2D eigenvalue weighted by Crippen LogP contribution is 2.15. The zero-order valence-electron chi connectivity index (χ0n) is 13.9. The Hall–Kier alpha value is -3.06. The van der Waals surface area contributed by atoms with E-state index in [2.05, 4.69) is 21.0 Å². The molecule has 25 heavy (non-hydrogen) atoms. The van der Waals surface area contributed by atoms with Crippen LogP contribution >= 0.6 is 0 Å². The van der Waals surface area contributed by atoms with Crippen LogP contribution in [-0.2, 0) is 22.7 Å². The van der Waals surface area contributed by atoms with Crippen LogP contribution in [0.25, 0.3) is 0 Å². The van der Waals surface area contributed by atoms with Gasteiger partial charge in [0.1, 0.15) is 11.9 Å². The number of hydrogen-bond acceptors (Lipinski definition) is 5. The van der Waals surface area contributed by atoms with Gasteiger partial charge in [0.2, 0.25) is 0 Å². The summed E-state index contributed by atoms with van der Waals surface area (Å²) >= 11 is 0. The third kappa shape index (κ3) is 4.48. The number of hydroxylamine groups is 1. The van der Waals surface area contributed by atoms with Crippen molar-refractivity contribution in [1.82, 2.24) is 25.7 Å². The molecule has 7 nitrogen and oxygen atoms in total.